The van der Waals surface area contributed by atoms with Gasteiger partial charge in [0.1, 0.15) is 5.15 Å². The zero-order valence-corrected chi connectivity index (χ0v) is 8.53. The number of pyridine rings is 1. The number of aliphatic carboxylic acids is 1. The molecule has 0 aliphatic rings. The predicted octanol–water partition coefficient (Wildman–Crippen LogP) is 2.52. The molecule has 1 heterocycles. The van der Waals surface area contributed by atoms with Crippen LogP contribution >= 0.6 is 11.6 Å². The van der Waals surface area contributed by atoms with Crippen molar-refractivity contribution in [2.75, 3.05) is 0 Å². The van der Waals surface area contributed by atoms with E-state index in [4.69, 9.17) is 16.7 Å². The minimum Gasteiger partial charge on any atom is -0.481 e. The summed E-state index contributed by atoms with van der Waals surface area (Å²) in [6.07, 6.45) is -0.0370. The van der Waals surface area contributed by atoms with Crippen LogP contribution < -0.4 is 0 Å². The Balaban J connectivity index is 2.63. The van der Waals surface area contributed by atoms with E-state index in [2.05, 4.69) is 4.98 Å². The SMILES string of the molecule is O=C(O)Cc1cccc2ccc(Cl)nc12. The van der Waals surface area contributed by atoms with Gasteiger partial charge >= 0.3 is 5.97 Å². The number of halogens is 1. The number of aromatic nitrogens is 1. The highest BCUT2D eigenvalue weighted by Gasteiger charge is 2.06. The van der Waals surface area contributed by atoms with Crippen LogP contribution in [-0.4, -0.2) is 16.1 Å². The molecule has 0 aliphatic carbocycles. The van der Waals surface area contributed by atoms with Crippen LogP contribution in [0.3, 0.4) is 0 Å². The molecule has 76 valence electrons. The fraction of sp³-hybridized carbons (Fsp3) is 0.0909. The highest BCUT2D eigenvalue weighted by Crippen LogP contribution is 2.19. The Morgan fingerprint density at radius 3 is 2.87 bits per heavy atom. The molecule has 0 amide bonds. The lowest BCUT2D eigenvalue weighted by Crippen LogP contribution is -2.01. The molecule has 0 radical (unpaired) electrons. The smallest absolute Gasteiger partial charge is 0.307 e. The second kappa shape index (κ2) is 3.87. The molecule has 1 N–H and O–H groups in total. The van der Waals surface area contributed by atoms with Crippen LogP contribution in [0.2, 0.25) is 5.15 Å². The highest BCUT2D eigenvalue weighted by atomic mass is 35.5. The second-order valence-corrected chi connectivity index (χ2v) is 3.58. The number of hydrogen-bond donors (Lipinski definition) is 1. The van der Waals surface area contributed by atoms with Crippen LogP contribution in [0, 0.1) is 0 Å². The third kappa shape index (κ3) is 2.07. The first-order valence-electron chi connectivity index (χ1n) is 4.43. The number of para-hydroxylation sites is 1. The number of rotatable bonds is 2. The predicted molar refractivity (Wildman–Crippen MR) is 58.1 cm³/mol. The van der Waals surface area contributed by atoms with Crippen LogP contribution in [0.25, 0.3) is 10.9 Å². The maximum atomic E-state index is 10.6. The van der Waals surface area contributed by atoms with E-state index in [-0.39, 0.29) is 6.42 Å². The summed E-state index contributed by atoms with van der Waals surface area (Å²) in [4.78, 5) is 14.8. The van der Waals surface area contributed by atoms with Crippen molar-refractivity contribution in [2.24, 2.45) is 0 Å². The summed E-state index contributed by atoms with van der Waals surface area (Å²) in [5.41, 5.74) is 1.34. The normalized spacial score (nSPS) is 10.5. The van der Waals surface area contributed by atoms with Crippen molar-refractivity contribution in [1.29, 1.82) is 0 Å². The number of carboxylic acid groups (broad SMARTS) is 1. The first-order chi connectivity index (χ1) is 7.16. The molecule has 0 saturated heterocycles. The number of carbonyl (C=O) groups is 1. The van der Waals surface area contributed by atoms with Crippen molar-refractivity contribution >= 4 is 28.5 Å². The Morgan fingerprint density at radius 1 is 1.33 bits per heavy atom. The Kier molecular flexibility index (Phi) is 2.56. The molecular formula is C11H8ClNO2. The van der Waals surface area contributed by atoms with Gasteiger partial charge in [0.15, 0.2) is 0 Å². The van der Waals surface area contributed by atoms with Crippen LogP contribution in [-0.2, 0) is 11.2 Å². The van der Waals surface area contributed by atoms with E-state index in [1.165, 1.54) is 0 Å². The van der Waals surface area contributed by atoms with Crippen molar-refractivity contribution in [3.63, 3.8) is 0 Å². The molecule has 0 saturated carbocycles. The largest absolute Gasteiger partial charge is 0.481 e. The second-order valence-electron chi connectivity index (χ2n) is 3.19. The van der Waals surface area contributed by atoms with E-state index in [9.17, 15) is 4.79 Å². The average Bonchev–Trinajstić information content (AvgIpc) is 2.18. The summed E-state index contributed by atoms with van der Waals surface area (Å²) in [7, 11) is 0. The number of benzene rings is 1. The van der Waals surface area contributed by atoms with E-state index in [1.807, 2.05) is 18.2 Å². The van der Waals surface area contributed by atoms with Crippen molar-refractivity contribution in [2.45, 2.75) is 6.42 Å². The van der Waals surface area contributed by atoms with E-state index in [1.54, 1.807) is 12.1 Å². The molecule has 2 aromatic rings. The van der Waals surface area contributed by atoms with Gasteiger partial charge < -0.3 is 5.11 Å². The van der Waals surface area contributed by atoms with Gasteiger partial charge in [-0.2, -0.15) is 0 Å². The molecule has 1 aromatic heterocycles. The van der Waals surface area contributed by atoms with Gasteiger partial charge in [-0.05, 0) is 17.7 Å². The summed E-state index contributed by atoms with van der Waals surface area (Å²) in [5, 5.41) is 10.0. The summed E-state index contributed by atoms with van der Waals surface area (Å²) in [6, 6.07) is 8.96. The van der Waals surface area contributed by atoms with Crippen LogP contribution in [0.15, 0.2) is 30.3 Å². The number of fused-ring (bicyclic) bond motifs is 1. The van der Waals surface area contributed by atoms with Gasteiger partial charge in [0.2, 0.25) is 0 Å². The van der Waals surface area contributed by atoms with Gasteiger partial charge in [-0.3, -0.25) is 4.79 Å². The van der Waals surface area contributed by atoms with Crippen molar-refractivity contribution < 1.29 is 9.90 Å². The summed E-state index contributed by atoms with van der Waals surface area (Å²) in [6.45, 7) is 0. The molecular weight excluding hydrogens is 214 g/mol. The minimum absolute atomic E-state index is 0.0370. The van der Waals surface area contributed by atoms with Crippen molar-refractivity contribution in [1.82, 2.24) is 4.98 Å². The highest BCUT2D eigenvalue weighted by molar-refractivity contribution is 6.29. The zero-order chi connectivity index (χ0) is 10.8. The first-order valence-corrected chi connectivity index (χ1v) is 4.80. The number of carboxylic acids is 1. The molecule has 0 aliphatic heterocycles. The number of hydrogen-bond acceptors (Lipinski definition) is 2. The topological polar surface area (TPSA) is 50.2 Å². The maximum absolute atomic E-state index is 10.6. The molecule has 0 unspecified atom stereocenters. The Labute approximate surface area is 91.3 Å². The zero-order valence-electron chi connectivity index (χ0n) is 7.77. The summed E-state index contributed by atoms with van der Waals surface area (Å²) >= 11 is 5.77. The van der Waals surface area contributed by atoms with E-state index >= 15 is 0 Å². The fourth-order valence-corrected chi connectivity index (χ4v) is 1.64. The monoisotopic (exact) mass is 221 g/mol. The fourth-order valence-electron chi connectivity index (χ4n) is 1.49. The third-order valence-corrected chi connectivity index (χ3v) is 2.32. The first kappa shape index (κ1) is 9.93. The molecule has 3 nitrogen and oxygen atoms in total. The standard InChI is InChI=1S/C11H8ClNO2/c12-9-5-4-7-2-1-3-8(6-10(14)15)11(7)13-9/h1-5H,6H2,(H,14,15). The van der Waals surface area contributed by atoms with E-state index < -0.39 is 5.97 Å². The van der Waals surface area contributed by atoms with Crippen LogP contribution in [0.5, 0.6) is 0 Å². The molecule has 0 fully saturated rings. The van der Waals surface area contributed by atoms with Gasteiger partial charge in [-0.1, -0.05) is 29.8 Å². The number of nitrogens with zero attached hydrogens (tertiary/aromatic N) is 1. The lowest BCUT2D eigenvalue weighted by atomic mass is 10.1. The van der Waals surface area contributed by atoms with Crippen LogP contribution in [0.4, 0.5) is 0 Å². The molecule has 0 atom stereocenters. The Hall–Kier alpha value is -1.61. The lowest BCUT2D eigenvalue weighted by Gasteiger charge is -2.03. The third-order valence-electron chi connectivity index (χ3n) is 2.11. The molecule has 15 heavy (non-hydrogen) atoms. The van der Waals surface area contributed by atoms with Gasteiger partial charge in [0.05, 0.1) is 11.9 Å². The molecule has 2 rings (SSSR count). The minimum atomic E-state index is -0.871. The Morgan fingerprint density at radius 2 is 2.13 bits per heavy atom. The molecule has 0 bridgehead atoms. The molecule has 1 aromatic carbocycles. The molecule has 0 spiro atoms. The lowest BCUT2D eigenvalue weighted by molar-refractivity contribution is -0.136. The van der Waals surface area contributed by atoms with Gasteiger partial charge in [-0.15, -0.1) is 0 Å². The van der Waals surface area contributed by atoms with E-state index in [0.717, 1.165) is 5.39 Å². The summed E-state index contributed by atoms with van der Waals surface area (Å²) < 4.78 is 0. The van der Waals surface area contributed by atoms with Gasteiger partial charge in [0.25, 0.3) is 0 Å². The summed E-state index contributed by atoms with van der Waals surface area (Å²) in [5.74, 6) is -0.871. The van der Waals surface area contributed by atoms with Crippen LogP contribution in [0.1, 0.15) is 5.56 Å². The van der Waals surface area contributed by atoms with Crippen molar-refractivity contribution in [3.05, 3.63) is 41.0 Å². The van der Waals surface area contributed by atoms with E-state index in [0.29, 0.717) is 16.2 Å². The average molecular weight is 222 g/mol. The van der Waals surface area contributed by atoms with Crippen molar-refractivity contribution in [3.8, 4) is 0 Å². The van der Waals surface area contributed by atoms with Gasteiger partial charge in [0, 0.05) is 5.39 Å². The van der Waals surface area contributed by atoms with Gasteiger partial charge in [-0.25, -0.2) is 4.98 Å². The quantitative estimate of drug-likeness (QED) is 0.793. The Bertz CT molecular complexity index is 525. The molecule has 4 heteroatoms. The maximum Gasteiger partial charge on any atom is 0.307 e.